The molecule has 0 bridgehead atoms. The normalized spacial score (nSPS) is 22.1. The second kappa shape index (κ2) is 7.94. The van der Waals surface area contributed by atoms with E-state index in [4.69, 9.17) is 0 Å². The molecule has 1 unspecified atom stereocenters. The average Bonchev–Trinajstić information content (AvgIpc) is 3.09. The second-order valence-electron chi connectivity index (χ2n) is 5.56. The van der Waals surface area contributed by atoms with Gasteiger partial charge in [-0.05, 0) is 30.7 Å². The van der Waals surface area contributed by atoms with E-state index >= 15 is 0 Å². The molecule has 1 aromatic rings. The van der Waals surface area contributed by atoms with Gasteiger partial charge in [0.25, 0.3) is 5.91 Å². The van der Waals surface area contributed by atoms with E-state index in [-0.39, 0.29) is 30.3 Å². The quantitative estimate of drug-likeness (QED) is 0.887. The Morgan fingerprint density at radius 3 is 2.64 bits per heavy atom. The molecule has 0 spiro atoms. The summed E-state index contributed by atoms with van der Waals surface area (Å²) in [5.41, 5.74) is 0. The summed E-state index contributed by atoms with van der Waals surface area (Å²) in [4.78, 5) is 29.8. The van der Waals surface area contributed by atoms with E-state index in [9.17, 15) is 9.59 Å². The van der Waals surface area contributed by atoms with Crippen molar-refractivity contribution in [3.8, 4) is 0 Å². The summed E-state index contributed by atoms with van der Waals surface area (Å²) in [5.74, 6) is 0.138. The molecular formula is C15H22ClN3O2S. The van der Waals surface area contributed by atoms with E-state index in [1.54, 1.807) is 4.90 Å². The fourth-order valence-corrected chi connectivity index (χ4v) is 3.75. The van der Waals surface area contributed by atoms with Crippen molar-refractivity contribution in [3.05, 3.63) is 22.4 Å². The minimum atomic E-state index is -0.272. The van der Waals surface area contributed by atoms with Crippen LogP contribution in [-0.4, -0.2) is 60.4 Å². The second-order valence-corrected chi connectivity index (χ2v) is 6.51. The van der Waals surface area contributed by atoms with Crippen molar-refractivity contribution in [3.63, 3.8) is 0 Å². The van der Waals surface area contributed by atoms with Crippen LogP contribution >= 0.6 is 23.7 Å². The number of likely N-dealkylation sites (tertiary alicyclic amines) is 1. The standard InChI is InChI=1S/C15H21N3O2S.ClH/c19-14(17-9-6-16-7-10-17)12-4-1-2-8-18(12)15(20)13-5-3-11-21-13;/h3,5,11-12,16H,1-2,4,6-10H2;1H. The summed E-state index contributed by atoms with van der Waals surface area (Å²) in [5, 5.41) is 5.16. The van der Waals surface area contributed by atoms with Gasteiger partial charge in [0.05, 0.1) is 4.88 Å². The van der Waals surface area contributed by atoms with Crippen LogP contribution in [0.4, 0.5) is 0 Å². The Kier molecular flexibility index (Phi) is 6.23. The van der Waals surface area contributed by atoms with E-state index in [1.165, 1.54) is 11.3 Å². The van der Waals surface area contributed by atoms with Crippen molar-refractivity contribution < 1.29 is 9.59 Å². The Hall–Kier alpha value is -1.11. The highest BCUT2D eigenvalue weighted by atomic mass is 35.5. The molecule has 1 aromatic heterocycles. The van der Waals surface area contributed by atoms with Crippen LogP contribution in [-0.2, 0) is 4.79 Å². The van der Waals surface area contributed by atoms with Crippen LogP contribution in [0.5, 0.6) is 0 Å². The average molecular weight is 344 g/mol. The highest BCUT2D eigenvalue weighted by Gasteiger charge is 2.35. The van der Waals surface area contributed by atoms with Crippen molar-refractivity contribution in [2.75, 3.05) is 32.7 Å². The summed E-state index contributed by atoms with van der Waals surface area (Å²) in [6.45, 7) is 3.88. The van der Waals surface area contributed by atoms with Crippen LogP contribution in [0.15, 0.2) is 17.5 Å². The lowest BCUT2D eigenvalue weighted by molar-refractivity contribution is -0.137. The number of rotatable bonds is 2. The third kappa shape index (κ3) is 3.62. The molecule has 122 valence electrons. The van der Waals surface area contributed by atoms with Gasteiger partial charge in [-0.3, -0.25) is 9.59 Å². The first kappa shape index (κ1) is 17.2. The summed E-state index contributed by atoms with van der Waals surface area (Å²) < 4.78 is 0. The summed E-state index contributed by atoms with van der Waals surface area (Å²) in [6.07, 6.45) is 2.80. The number of hydrogen-bond donors (Lipinski definition) is 1. The Morgan fingerprint density at radius 1 is 1.18 bits per heavy atom. The van der Waals surface area contributed by atoms with Gasteiger partial charge in [-0.25, -0.2) is 0 Å². The largest absolute Gasteiger partial charge is 0.338 e. The van der Waals surface area contributed by atoms with Gasteiger partial charge < -0.3 is 15.1 Å². The summed E-state index contributed by atoms with van der Waals surface area (Å²) in [7, 11) is 0. The van der Waals surface area contributed by atoms with Crippen molar-refractivity contribution in [2.45, 2.75) is 25.3 Å². The minimum Gasteiger partial charge on any atom is -0.338 e. The third-order valence-corrected chi connectivity index (χ3v) is 5.07. The van der Waals surface area contributed by atoms with Crippen molar-refractivity contribution in [1.29, 1.82) is 0 Å². The van der Waals surface area contributed by atoms with Crippen LogP contribution in [0, 0.1) is 0 Å². The van der Waals surface area contributed by atoms with Gasteiger partial charge in [0.1, 0.15) is 6.04 Å². The van der Waals surface area contributed by atoms with Crippen LogP contribution < -0.4 is 5.32 Å². The first-order chi connectivity index (χ1) is 10.3. The van der Waals surface area contributed by atoms with Crippen LogP contribution in [0.25, 0.3) is 0 Å². The first-order valence-electron chi connectivity index (χ1n) is 7.61. The van der Waals surface area contributed by atoms with Gasteiger partial charge >= 0.3 is 0 Å². The molecule has 3 heterocycles. The Morgan fingerprint density at radius 2 is 1.95 bits per heavy atom. The molecule has 0 radical (unpaired) electrons. The lowest BCUT2D eigenvalue weighted by Gasteiger charge is -2.38. The van der Waals surface area contributed by atoms with E-state index < -0.39 is 0 Å². The Balaban J connectivity index is 0.00000176. The molecule has 2 amide bonds. The fourth-order valence-electron chi connectivity index (χ4n) is 3.07. The number of carbonyl (C=O) groups excluding carboxylic acids is 2. The maximum Gasteiger partial charge on any atom is 0.264 e. The molecule has 1 N–H and O–H groups in total. The maximum atomic E-state index is 12.7. The topological polar surface area (TPSA) is 52.7 Å². The van der Waals surface area contributed by atoms with Gasteiger partial charge in [0.15, 0.2) is 0 Å². The Labute approximate surface area is 141 Å². The smallest absolute Gasteiger partial charge is 0.264 e. The van der Waals surface area contributed by atoms with Crippen LogP contribution in [0.3, 0.4) is 0 Å². The van der Waals surface area contributed by atoms with Gasteiger partial charge in [0, 0.05) is 32.7 Å². The molecule has 2 fully saturated rings. The third-order valence-electron chi connectivity index (χ3n) is 4.21. The lowest BCUT2D eigenvalue weighted by atomic mass is 10.00. The highest BCUT2D eigenvalue weighted by Crippen LogP contribution is 2.23. The number of hydrogen-bond acceptors (Lipinski definition) is 4. The van der Waals surface area contributed by atoms with E-state index in [1.807, 2.05) is 22.4 Å². The highest BCUT2D eigenvalue weighted by molar-refractivity contribution is 7.12. The first-order valence-corrected chi connectivity index (χ1v) is 8.49. The molecule has 2 aliphatic rings. The molecule has 1 atom stereocenters. The number of piperazine rings is 1. The van der Waals surface area contributed by atoms with E-state index in [0.717, 1.165) is 50.3 Å². The predicted molar refractivity (Wildman–Crippen MR) is 89.7 cm³/mol. The summed E-state index contributed by atoms with van der Waals surface area (Å²) >= 11 is 1.45. The van der Waals surface area contributed by atoms with Crippen molar-refractivity contribution >= 4 is 35.6 Å². The number of piperidine rings is 1. The number of amides is 2. The molecule has 0 saturated carbocycles. The molecule has 5 nitrogen and oxygen atoms in total. The monoisotopic (exact) mass is 343 g/mol. The molecule has 22 heavy (non-hydrogen) atoms. The number of nitrogens with one attached hydrogen (secondary N) is 1. The SMILES string of the molecule is Cl.O=C(C1CCCCN1C(=O)c1cccs1)N1CCNCC1. The summed E-state index contributed by atoms with van der Waals surface area (Å²) in [6, 6.07) is 3.45. The molecule has 2 aliphatic heterocycles. The zero-order valence-corrected chi connectivity index (χ0v) is 14.1. The molecule has 0 aliphatic carbocycles. The van der Waals surface area contributed by atoms with Crippen LogP contribution in [0.2, 0.25) is 0 Å². The predicted octanol–water partition coefficient (Wildman–Crippen LogP) is 1.60. The number of nitrogens with zero attached hydrogens (tertiary/aromatic N) is 2. The maximum absolute atomic E-state index is 12.7. The molecule has 7 heteroatoms. The number of carbonyl (C=O) groups is 2. The van der Waals surface area contributed by atoms with Gasteiger partial charge in [-0.2, -0.15) is 0 Å². The zero-order chi connectivity index (χ0) is 14.7. The van der Waals surface area contributed by atoms with Gasteiger partial charge in [0.2, 0.25) is 5.91 Å². The lowest BCUT2D eigenvalue weighted by Crippen LogP contribution is -2.56. The van der Waals surface area contributed by atoms with Gasteiger partial charge in [-0.15, -0.1) is 23.7 Å². The van der Waals surface area contributed by atoms with Crippen molar-refractivity contribution in [2.24, 2.45) is 0 Å². The van der Waals surface area contributed by atoms with E-state index in [0.29, 0.717) is 6.54 Å². The molecule has 3 rings (SSSR count). The fraction of sp³-hybridized carbons (Fsp3) is 0.600. The van der Waals surface area contributed by atoms with Crippen molar-refractivity contribution in [1.82, 2.24) is 15.1 Å². The number of thiophene rings is 1. The Bertz CT molecular complexity index is 503. The molecule has 2 saturated heterocycles. The minimum absolute atomic E-state index is 0. The molecular weight excluding hydrogens is 322 g/mol. The number of halogens is 1. The zero-order valence-electron chi connectivity index (χ0n) is 12.5. The van der Waals surface area contributed by atoms with E-state index in [2.05, 4.69) is 5.32 Å². The van der Waals surface area contributed by atoms with Gasteiger partial charge in [-0.1, -0.05) is 6.07 Å². The molecule has 0 aromatic carbocycles. The van der Waals surface area contributed by atoms with Crippen LogP contribution in [0.1, 0.15) is 28.9 Å².